The van der Waals surface area contributed by atoms with Gasteiger partial charge in [0.05, 0.1) is 6.04 Å². The highest BCUT2D eigenvalue weighted by atomic mass is 32.1. The molecule has 2 aliphatic rings. The number of carbonyl (C=O) groups is 1. The number of rotatable bonds is 5. The summed E-state index contributed by atoms with van der Waals surface area (Å²) >= 11 is 1.82. The average Bonchev–Trinajstić information content (AvgIpc) is 3.12. The van der Waals surface area contributed by atoms with Crippen molar-refractivity contribution in [2.45, 2.75) is 38.4 Å². The van der Waals surface area contributed by atoms with Crippen molar-refractivity contribution in [3.63, 3.8) is 0 Å². The smallest absolute Gasteiger partial charge is 0.237 e. The van der Waals surface area contributed by atoms with Gasteiger partial charge in [-0.2, -0.15) is 0 Å². The quantitative estimate of drug-likeness (QED) is 0.894. The van der Waals surface area contributed by atoms with Crippen molar-refractivity contribution in [3.05, 3.63) is 22.4 Å². The largest absolute Gasteiger partial charge is 0.352 e. The Labute approximate surface area is 124 Å². The van der Waals surface area contributed by atoms with Gasteiger partial charge in [-0.25, -0.2) is 0 Å². The molecule has 1 aliphatic carbocycles. The highest BCUT2D eigenvalue weighted by Crippen LogP contribution is 2.19. The molecule has 1 aliphatic heterocycles. The maximum atomic E-state index is 12.1. The van der Waals surface area contributed by atoms with Crippen molar-refractivity contribution in [1.82, 2.24) is 15.1 Å². The van der Waals surface area contributed by atoms with Crippen LogP contribution in [0.4, 0.5) is 0 Å². The normalized spacial score (nSPS) is 22.6. The second kappa shape index (κ2) is 6.24. The van der Waals surface area contributed by atoms with E-state index in [0.717, 1.165) is 45.6 Å². The van der Waals surface area contributed by atoms with E-state index in [1.165, 1.54) is 4.88 Å². The van der Waals surface area contributed by atoms with Gasteiger partial charge in [0.2, 0.25) is 5.91 Å². The molecule has 2 fully saturated rings. The molecule has 1 amide bonds. The zero-order valence-corrected chi connectivity index (χ0v) is 12.9. The molecular formula is C15H23N3OS. The Morgan fingerprint density at radius 3 is 2.75 bits per heavy atom. The maximum Gasteiger partial charge on any atom is 0.237 e. The molecular weight excluding hydrogens is 270 g/mol. The van der Waals surface area contributed by atoms with Crippen molar-refractivity contribution in [2.24, 2.45) is 0 Å². The summed E-state index contributed by atoms with van der Waals surface area (Å²) in [5.41, 5.74) is 0. The number of hydrogen-bond donors (Lipinski definition) is 1. The van der Waals surface area contributed by atoms with Gasteiger partial charge in [0, 0.05) is 43.6 Å². The van der Waals surface area contributed by atoms with Crippen LogP contribution in [-0.4, -0.2) is 54.0 Å². The van der Waals surface area contributed by atoms with Crippen molar-refractivity contribution < 1.29 is 4.79 Å². The second-order valence-corrected chi connectivity index (χ2v) is 6.88. The minimum atomic E-state index is 0.0134. The van der Waals surface area contributed by atoms with Crippen molar-refractivity contribution in [3.8, 4) is 0 Å². The lowest BCUT2D eigenvalue weighted by Gasteiger charge is -2.37. The van der Waals surface area contributed by atoms with Crippen LogP contribution in [0.15, 0.2) is 17.5 Å². The minimum Gasteiger partial charge on any atom is -0.352 e. The first-order valence-electron chi connectivity index (χ1n) is 7.51. The Morgan fingerprint density at radius 1 is 1.40 bits per heavy atom. The fraction of sp³-hybridized carbons (Fsp3) is 0.667. The zero-order chi connectivity index (χ0) is 13.9. The van der Waals surface area contributed by atoms with Crippen LogP contribution in [0.3, 0.4) is 0 Å². The van der Waals surface area contributed by atoms with Crippen LogP contribution in [0.25, 0.3) is 0 Å². The molecule has 0 bridgehead atoms. The number of thiophene rings is 1. The van der Waals surface area contributed by atoms with E-state index >= 15 is 0 Å². The van der Waals surface area contributed by atoms with Gasteiger partial charge in [0.15, 0.2) is 0 Å². The molecule has 1 saturated heterocycles. The van der Waals surface area contributed by atoms with E-state index in [9.17, 15) is 4.79 Å². The third-order valence-corrected chi connectivity index (χ3v) is 5.08. The number of nitrogens with zero attached hydrogens (tertiary/aromatic N) is 2. The summed E-state index contributed by atoms with van der Waals surface area (Å²) in [5.74, 6) is 0.208. The summed E-state index contributed by atoms with van der Waals surface area (Å²) in [4.78, 5) is 18.3. The first kappa shape index (κ1) is 14.0. The minimum absolute atomic E-state index is 0.0134. The van der Waals surface area contributed by atoms with E-state index in [1.807, 2.05) is 18.3 Å². The number of piperazine rings is 1. The van der Waals surface area contributed by atoms with Gasteiger partial charge in [0.1, 0.15) is 0 Å². The summed E-state index contributed by atoms with van der Waals surface area (Å²) in [6, 6.07) is 4.79. The lowest BCUT2D eigenvalue weighted by atomic mass is 10.2. The molecule has 110 valence electrons. The molecule has 1 atom stereocenters. The van der Waals surface area contributed by atoms with E-state index in [0.29, 0.717) is 6.04 Å². The highest BCUT2D eigenvalue weighted by Gasteiger charge is 2.29. The summed E-state index contributed by atoms with van der Waals surface area (Å²) < 4.78 is 0. The number of amides is 1. The molecule has 5 heteroatoms. The molecule has 1 aromatic rings. The third kappa shape index (κ3) is 3.59. The third-order valence-electron chi connectivity index (χ3n) is 4.22. The van der Waals surface area contributed by atoms with Gasteiger partial charge in [-0.3, -0.25) is 14.6 Å². The topological polar surface area (TPSA) is 35.6 Å². The maximum absolute atomic E-state index is 12.1. The molecule has 1 aromatic heterocycles. The van der Waals surface area contributed by atoms with Gasteiger partial charge in [-0.15, -0.1) is 11.3 Å². The fourth-order valence-electron chi connectivity index (χ4n) is 2.65. The molecule has 20 heavy (non-hydrogen) atoms. The molecule has 1 N–H and O–H groups in total. The predicted octanol–water partition coefficient (Wildman–Crippen LogP) is 1.53. The van der Waals surface area contributed by atoms with Crippen molar-refractivity contribution in [2.75, 3.05) is 26.2 Å². The molecule has 4 nitrogen and oxygen atoms in total. The van der Waals surface area contributed by atoms with Crippen LogP contribution in [0.2, 0.25) is 0 Å². The SMILES string of the molecule is CC(C(=O)NC1CC1)N1CCN(Cc2cccs2)CC1. The Balaban J connectivity index is 1.44. The van der Waals surface area contributed by atoms with E-state index in [1.54, 1.807) is 0 Å². The van der Waals surface area contributed by atoms with Crippen molar-refractivity contribution >= 4 is 17.2 Å². The predicted molar refractivity (Wildman–Crippen MR) is 81.8 cm³/mol. The van der Waals surface area contributed by atoms with E-state index in [2.05, 4.69) is 32.6 Å². The summed E-state index contributed by atoms with van der Waals surface area (Å²) in [6.45, 7) is 7.17. The van der Waals surface area contributed by atoms with Crippen LogP contribution in [0.5, 0.6) is 0 Å². The summed E-state index contributed by atoms with van der Waals surface area (Å²) in [6.07, 6.45) is 2.32. The van der Waals surface area contributed by atoms with Crippen LogP contribution < -0.4 is 5.32 Å². The van der Waals surface area contributed by atoms with Crippen LogP contribution in [0.1, 0.15) is 24.6 Å². The van der Waals surface area contributed by atoms with Gasteiger partial charge < -0.3 is 5.32 Å². The van der Waals surface area contributed by atoms with E-state index in [-0.39, 0.29) is 11.9 Å². The monoisotopic (exact) mass is 293 g/mol. The average molecular weight is 293 g/mol. The molecule has 1 unspecified atom stereocenters. The Hall–Kier alpha value is -0.910. The van der Waals surface area contributed by atoms with Crippen LogP contribution in [0, 0.1) is 0 Å². The molecule has 2 heterocycles. The van der Waals surface area contributed by atoms with Crippen LogP contribution >= 0.6 is 11.3 Å². The second-order valence-electron chi connectivity index (χ2n) is 5.85. The van der Waals surface area contributed by atoms with Gasteiger partial charge in [-0.1, -0.05) is 6.07 Å². The molecule has 1 saturated carbocycles. The Bertz CT molecular complexity index is 436. The van der Waals surface area contributed by atoms with E-state index in [4.69, 9.17) is 0 Å². The van der Waals surface area contributed by atoms with Gasteiger partial charge >= 0.3 is 0 Å². The first-order chi connectivity index (χ1) is 9.72. The van der Waals surface area contributed by atoms with Gasteiger partial charge in [0.25, 0.3) is 0 Å². The van der Waals surface area contributed by atoms with Crippen molar-refractivity contribution in [1.29, 1.82) is 0 Å². The molecule has 0 aromatic carbocycles. The molecule has 3 rings (SSSR count). The highest BCUT2D eigenvalue weighted by molar-refractivity contribution is 7.09. The zero-order valence-electron chi connectivity index (χ0n) is 12.0. The van der Waals surface area contributed by atoms with E-state index < -0.39 is 0 Å². The number of nitrogens with one attached hydrogen (secondary N) is 1. The van der Waals surface area contributed by atoms with Crippen LogP contribution in [-0.2, 0) is 11.3 Å². The Morgan fingerprint density at radius 2 is 2.15 bits per heavy atom. The lowest BCUT2D eigenvalue weighted by molar-refractivity contribution is -0.126. The first-order valence-corrected chi connectivity index (χ1v) is 8.39. The standard InChI is InChI=1S/C15H23N3OS/c1-12(15(19)16-13-4-5-13)18-8-6-17(7-9-18)11-14-3-2-10-20-14/h2-3,10,12-13H,4-9,11H2,1H3,(H,16,19). The number of carbonyl (C=O) groups excluding carboxylic acids is 1. The number of hydrogen-bond acceptors (Lipinski definition) is 4. The summed E-state index contributed by atoms with van der Waals surface area (Å²) in [5, 5.41) is 5.24. The molecule has 0 radical (unpaired) electrons. The lowest BCUT2D eigenvalue weighted by Crippen LogP contribution is -2.53. The summed E-state index contributed by atoms with van der Waals surface area (Å²) in [7, 11) is 0. The Kier molecular flexibility index (Phi) is 4.38. The van der Waals surface area contributed by atoms with Gasteiger partial charge in [-0.05, 0) is 31.2 Å². The fourth-order valence-corrected chi connectivity index (χ4v) is 3.39. The molecule has 0 spiro atoms.